The van der Waals surface area contributed by atoms with Crippen molar-refractivity contribution in [2.45, 2.75) is 38.1 Å². The summed E-state index contributed by atoms with van der Waals surface area (Å²) in [5, 5.41) is 3.92. The lowest BCUT2D eigenvalue weighted by Gasteiger charge is -2.31. The monoisotopic (exact) mass is 397 g/mol. The Morgan fingerprint density at radius 2 is 1.96 bits per heavy atom. The molecule has 1 aromatic carbocycles. The number of nitrogens with one attached hydrogen (secondary N) is 1. The van der Waals surface area contributed by atoms with Crippen LogP contribution in [0.2, 0.25) is 0 Å². The molecule has 0 radical (unpaired) electrons. The maximum Gasteiger partial charge on any atom is 0.255 e. The number of carbonyl (C=O) groups excluding carboxylic acids is 1. The molecule has 0 spiro atoms. The van der Waals surface area contributed by atoms with E-state index in [1.165, 1.54) is 17.6 Å². The zero-order valence-corrected chi connectivity index (χ0v) is 16.8. The highest BCUT2D eigenvalue weighted by Crippen LogP contribution is 2.24. The van der Waals surface area contributed by atoms with Gasteiger partial charge in [0.2, 0.25) is 10.0 Å². The van der Waals surface area contributed by atoms with Crippen LogP contribution in [0.15, 0.2) is 23.3 Å². The molecule has 8 nitrogen and oxygen atoms in total. The predicted octanol–water partition coefficient (Wildman–Crippen LogP) is 1.75. The first-order valence-electron chi connectivity index (χ1n) is 8.86. The third-order valence-corrected chi connectivity index (χ3v) is 5.82. The van der Waals surface area contributed by atoms with E-state index in [0.717, 1.165) is 38.4 Å². The first-order chi connectivity index (χ1) is 12.8. The van der Waals surface area contributed by atoms with Crippen LogP contribution in [0.3, 0.4) is 0 Å². The van der Waals surface area contributed by atoms with Crippen LogP contribution in [0.4, 0.5) is 0 Å². The lowest BCUT2D eigenvalue weighted by molar-refractivity contribution is -0.121. The van der Waals surface area contributed by atoms with E-state index in [4.69, 9.17) is 9.47 Å². The third kappa shape index (κ3) is 6.21. The van der Waals surface area contributed by atoms with Crippen molar-refractivity contribution in [2.24, 2.45) is 5.10 Å². The summed E-state index contributed by atoms with van der Waals surface area (Å²) in [6, 6.07) is 5.08. The Balaban J connectivity index is 2.00. The number of hydrogen-bond acceptors (Lipinski definition) is 6. The van der Waals surface area contributed by atoms with Crippen molar-refractivity contribution in [3.05, 3.63) is 23.8 Å². The second-order valence-corrected chi connectivity index (χ2v) is 8.44. The Hall–Kier alpha value is -2.13. The number of nitrogens with zero attached hydrogens (tertiary/aromatic N) is 2. The van der Waals surface area contributed by atoms with Gasteiger partial charge in [0.1, 0.15) is 11.5 Å². The summed E-state index contributed by atoms with van der Waals surface area (Å²) in [5.74, 6) is 0.714. The smallest absolute Gasteiger partial charge is 0.255 e. The number of sulfonamides is 1. The average Bonchev–Trinajstić information content (AvgIpc) is 2.66. The van der Waals surface area contributed by atoms with Crippen LogP contribution in [0.5, 0.6) is 11.5 Å². The van der Waals surface area contributed by atoms with E-state index in [9.17, 15) is 13.2 Å². The summed E-state index contributed by atoms with van der Waals surface area (Å²) in [6.07, 6.45) is 7.22. The average molecular weight is 397 g/mol. The normalized spacial score (nSPS) is 15.9. The fourth-order valence-corrected chi connectivity index (χ4v) is 4.27. The first-order valence-corrected chi connectivity index (χ1v) is 10.7. The van der Waals surface area contributed by atoms with Crippen LogP contribution in [0, 0.1) is 0 Å². The van der Waals surface area contributed by atoms with E-state index in [1.807, 2.05) is 0 Å². The molecule has 1 amide bonds. The number of rotatable bonds is 8. The van der Waals surface area contributed by atoms with Crippen LogP contribution in [0.25, 0.3) is 0 Å². The van der Waals surface area contributed by atoms with Gasteiger partial charge < -0.3 is 9.47 Å². The van der Waals surface area contributed by atoms with Crippen molar-refractivity contribution < 1.29 is 22.7 Å². The fourth-order valence-electron chi connectivity index (χ4n) is 3.16. The van der Waals surface area contributed by atoms with Gasteiger partial charge in [-0.1, -0.05) is 19.3 Å². The highest BCUT2D eigenvalue weighted by atomic mass is 32.2. The van der Waals surface area contributed by atoms with Crippen molar-refractivity contribution in [2.75, 3.05) is 27.0 Å². The lowest BCUT2D eigenvalue weighted by Crippen LogP contribution is -2.45. The molecular weight excluding hydrogens is 370 g/mol. The molecule has 2 rings (SSSR count). The number of benzene rings is 1. The Morgan fingerprint density at radius 1 is 1.26 bits per heavy atom. The maximum absolute atomic E-state index is 12.2. The van der Waals surface area contributed by atoms with Crippen molar-refractivity contribution in [3.63, 3.8) is 0 Å². The van der Waals surface area contributed by atoms with Gasteiger partial charge in [-0.2, -0.15) is 9.41 Å². The second kappa shape index (κ2) is 9.70. The SMILES string of the molecule is COc1ccc(/C=N/NC(=O)CN(C2CCCCC2)S(C)(=O)=O)c(OC)c1. The molecule has 1 fully saturated rings. The van der Waals surface area contributed by atoms with Gasteiger partial charge in [-0.3, -0.25) is 4.79 Å². The van der Waals surface area contributed by atoms with Crippen LogP contribution >= 0.6 is 0 Å². The van der Waals surface area contributed by atoms with Crippen LogP contribution < -0.4 is 14.9 Å². The number of carbonyl (C=O) groups is 1. The quantitative estimate of drug-likeness (QED) is 0.532. The molecule has 0 heterocycles. The summed E-state index contributed by atoms with van der Waals surface area (Å²) in [6.45, 7) is -0.236. The summed E-state index contributed by atoms with van der Waals surface area (Å²) in [7, 11) is -0.384. The molecule has 1 aliphatic rings. The minimum Gasteiger partial charge on any atom is -0.497 e. The van der Waals surface area contributed by atoms with Crippen LogP contribution in [0.1, 0.15) is 37.7 Å². The van der Waals surface area contributed by atoms with E-state index in [-0.39, 0.29) is 12.6 Å². The molecule has 0 unspecified atom stereocenters. The van der Waals surface area contributed by atoms with Gasteiger partial charge in [-0.05, 0) is 25.0 Å². The summed E-state index contributed by atoms with van der Waals surface area (Å²) < 4.78 is 35.8. The molecule has 1 aromatic rings. The Labute approximate surface area is 160 Å². The minimum atomic E-state index is -3.47. The van der Waals surface area contributed by atoms with Gasteiger partial charge in [0.05, 0.1) is 33.2 Å². The molecule has 0 saturated heterocycles. The number of methoxy groups -OCH3 is 2. The zero-order chi connectivity index (χ0) is 19.9. The zero-order valence-electron chi connectivity index (χ0n) is 16.0. The molecule has 150 valence electrons. The molecule has 0 bridgehead atoms. The third-order valence-electron chi connectivity index (χ3n) is 4.54. The van der Waals surface area contributed by atoms with E-state index in [1.54, 1.807) is 25.3 Å². The highest BCUT2D eigenvalue weighted by Gasteiger charge is 2.29. The molecule has 9 heteroatoms. The van der Waals surface area contributed by atoms with E-state index in [2.05, 4.69) is 10.5 Å². The molecular formula is C18H27N3O5S. The molecule has 27 heavy (non-hydrogen) atoms. The maximum atomic E-state index is 12.2. The summed E-state index contributed by atoms with van der Waals surface area (Å²) >= 11 is 0. The number of ether oxygens (including phenoxy) is 2. The largest absolute Gasteiger partial charge is 0.497 e. The van der Waals surface area contributed by atoms with E-state index < -0.39 is 15.9 Å². The Bertz CT molecular complexity index is 773. The lowest BCUT2D eigenvalue weighted by atomic mass is 9.95. The topological polar surface area (TPSA) is 97.3 Å². The van der Waals surface area contributed by atoms with Crippen LogP contribution in [-0.2, 0) is 14.8 Å². The number of hydrazone groups is 1. The molecule has 0 aromatic heterocycles. The Kier molecular flexibility index (Phi) is 7.61. The molecule has 0 atom stereocenters. The van der Waals surface area contributed by atoms with Crippen molar-refractivity contribution >= 4 is 22.1 Å². The molecule has 1 aliphatic carbocycles. The first kappa shape index (κ1) is 21.2. The molecule has 1 saturated carbocycles. The van der Waals surface area contributed by atoms with Gasteiger partial charge >= 0.3 is 0 Å². The predicted molar refractivity (Wildman–Crippen MR) is 104 cm³/mol. The van der Waals surface area contributed by atoms with Gasteiger partial charge in [-0.15, -0.1) is 0 Å². The van der Waals surface area contributed by atoms with Gasteiger partial charge in [0.15, 0.2) is 0 Å². The fraction of sp³-hybridized carbons (Fsp3) is 0.556. The number of amides is 1. The summed E-state index contributed by atoms with van der Waals surface area (Å²) in [4.78, 5) is 12.2. The number of hydrogen-bond donors (Lipinski definition) is 1. The van der Waals surface area contributed by atoms with Gasteiger partial charge in [0.25, 0.3) is 5.91 Å². The van der Waals surface area contributed by atoms with Gasteiger partial charge in [-0.25, -0.2) is 13.8 Å². The van der Waals surface area contributed by atoms with Crippen molar-refractivity contribution in [1.82, 2.24) is 9.73 Å². The van der Waals surface area contributed by atoms with Crippen molar-refractivity contribution in [1.29, 1.82) is 0 Å². The second-order valence-electron chi connectivity index (χ2n) is 6.50. The Morgan fingerprint density at radius 3 is 2.56 bits per heavy atom. The molecule has 1 N–H and O–H groups in total. The van der Waals surface area contributed by atoms with E-state index in [0.29, 0.717) is 17.1 Å². The molecule has 0 aliphatic heterocycles. The van der Waals surface area contributed by atoms with Crippen molar-refractivity contribution in [3.8, 4) is 11.5 Å². The highest BCUT2D eigenvalue weighted by molar-refractivity contribution is 7.88. The van der Waals surface area contributed by atoms with Gasteiger partial charge in [0, 0.05) is 17.7 Å². The summed E-state index contributed by atoms with van der Waals surface area (Å²) in [5.41, 5.74) is 3.05. The standard InChI is InChI=1S/C18H27N3O5S/c1-25-16-10-9-14(17(11-16)26-2)12-19-20-18(22)13-21(27(3,23)24)15-7-5-4-6-8-15/h9-12,15H,4-8,13H2,1-3H3,(H,20,22)/b19-12+. The van der Waals surface area contributed by atoms with E-state index >= 15 is 0 Å². The minimum absolute atomic E-state index is 0.120. The van der Waals surface area contributed by atoms with Crippen LogP contribution in [-0.4, -0.2) is 57.9 Å².